The number of para-hydroxylation sites is 1. The number of amides is 1. The average molecular weight is 432 g/mol. The molecule has 1 heterocycles. The summed E-state index contributed by atoms with van der Waals surface area (Å²) in [6.45, 7) is 4.44. The number of hydrogen-bond acceptors (Lipinski definition) is 3. The van der Waals surface area contributed by atoms with E-state index in [1.165, 1.54) is 5.01 Å². The number of hydrogen-bond donors (Lipinski definition) is 0. The van der Waals surface area contributed by atoms with Gasteiger partial charge in [0, 0.05) is 0 Å². The van der Waals surface area contributed by atoms with Crippen LogP contribution >= 0.6 is 22.6 Å². The third kappa shape index (κ3) is 3.36. The van der Waals surface area contributed by atoms with Crippen LogP contribution in [0, 0.1) is 3.57 Å². The highest BCUT2D eigenvalue weighted by Crippen LogP contribution is 2.27. The van der Waals surface area contributed by atoms with E-state index in [2.05, 4.69) is 27.7 Å². The van der Waals surface area contributed by atoms with E-state index in [-0.39, 0.29) is 5.91 Å². The maximum Gasteiger partial charge on any atom is 0.280 e. The first-order valence-electron chi connectivity index (χ1n) is 7.69. The van der Waals surface area contributed by atoms with Gasteiger partial charge >= 0.3 is 0 Å². The Balaban J connectivity index is 1.90. The Morgan fingerprint density at radius 3 is 2.62 bits per heavy atom. The Morgan fingerprint density at radius 1 is 1.21 bits per heavy atom. The van der Waals surface area contributed by atoms with Gasteiger partial charge < -0.3 is 4.74 Å². The molecule has 24 heavy (non-hydrogen) atoms. The summed E-state index contributed by atoms with van der Waals surface area (Å²) in [5.41, 5.74) is 3.05. The topological polar surface area (TPSA) is 41.9 Å². The fourth-order valence-electron chi connectivity index (χ4n) is 2.47. The molecule has 0 fully saturated rings. The molecule has 5 heteroatoms. The lowest BCUT2D eigenvalue weighted by molar-refractivity contribution is -0.114. The van der Waals surface area contributed by atoms with Crippen molar-refractivity contribution >= 4 is 46.0 Å². The fourth-order valence-corrected chi connectivity index (χ4v) is 3.17. The van der Waals surface area contributed by atoms with E-state index in [4.69, 9.17) is 4.74 Å². The van der Waals surface area contributed by atoms with Crippen LogP contribution in [0.25, 0.3) is 6.08 Å². The molecule has 2 aromatic rings. The Hall–Kier alpha value is -2.15. The highest BCUT2D eigenvalue weighted by atomic mass is 127. The third-order valence-electron chi connectivity index (χ3n) is 3.63. The number of rotatable bonds is 4. The van der Waals surface area contributed by atoms with Crippen LogP contribution in [0.5, 0.6) is 5.75 Å². The molecule has 1 aliphatic rings. The third-order valence-corrected chi connectivity index (χ3v) is 4.47. The molecule has 2 aromatic carbocycles. The number of carbonyl (C=O) groups excluding carboxylic acids is 1. The second kappa shape index (κ2) is 7.17. The van der Waals surface area contributed by atoms with E-state index in [0.29, 0.717) is 17.9 Å². The molecule has 0 aromatic heterocycles. The van der Waals surface area contributed by atoms with Gasteiger partial charge in [-0.3, -0.25) is 4.79 Å². The molecule has 0 aliphatic carbocycles. The van der Waals surface area contributed by atoms with Crippen molar-refractivity contribution in [3.8, 4) is 5.75 Å². The van der Waals surface area contributed by atoms with Crippen molar-refractivity contribution in [1.29, 1.82) is 0 Å². The van der Waals surface area contributed by atoms with Gasteiger partial charge in [-0.15, -0.1) is 0 Å². The standard InChI is InChI=1S/C19H17IN2O2/c1-3-24-18-10-9-14(12-17(18)20)11-16-13(2)21-22(19(16)23)15-7-5-4-6-8-15/h4-12H,3H2,1-2H3/b16-11-. The molecule has 0 bridgehead atoms. The molecule has 0 unspecified atom stereocenters. The van der Waals surface area contributed by atoms with E-state index < -0.39 is 0 Å². The van der Waals surface area contributed by atoms with E-state index in [9.17, 15) is 4.79 Å². The predicted molar refractivity (Wildman–Crippen MR) is 105 cm³/mol. The first-order valence-corrected chi connectivity index (χ1v) is 8.77. The molecule has 0 atom stereocenters. The second-order valence-corrected chi connectivity index (χ2v) is 6.48. The summed E-state index contributed by atoms with van der Waals surface area (Å²) in [4.78, 5) is 12.7. The highest BCUT2D eigenvalue weighted by molar-refractivity contribution is 14.1. The van der Waals surface area contributed by atoms with Crippen LogP contribution in [0.15, 0.2) is 59.2 Å². The molecule has 0 saturated heterocycles. The first-order chi connectivity index (χ1) is 11.6. The minimum atomic E-state index is -0.109. The molecule has 0 spiro atoms. The van der Waals surface area contributed by atoms with Crippen LogP contribution in [-0.4, -0.2) is 18.2 Å². The number of benzene rings is 2. The fraction of sp³-hybridized carbons (Fsp3) is 0.158. The van der Waals surface area contributed by atoms with E-state index in [0.717, 1.165) is 20.6 Å². The van der Waals surface area contributed by atoms with Gasteiger partial charge in [0.15, 0.2) is 0 Å². The smallest absolute Gasteiger partial charge is 0.280 e. The van der Waals surface area contributed by atoms with Gasteiger partial charge in [0.1, 0.15) is 5.75 Å². The molecule has 0 radical (unpaired) electrons. The number of anilines is 1. The maximum absolute atomic E-state index is 12.7. The molecule has 122 valence electrons. The molecule has 1 amide bonds. The molecule has 0 N–H and O–H groups in total. The summed E-state index contributed by atoms with van der Waals surface area (Å²) in [6.07, 6.45) is 1.88. The zero-order valence-electron chi connectivity index (χ0n) is 13.5. The number of hydrazone groups is 1. The van der Waals surface area contributed by atoms with Crippen molar-refractivity contribution in [2.75, 3.05) is 11.6 Å². The Bertz CT molecular complexity index is 829. The number of halogens is 1. The van der Waals surface area contributed by atoms with Crippen LogP contribution in [0.2, 0.25) is 0 Å². The predicted octanol–water partition coefficient (Wildman–Crippen LogP) is 4.50. The largest absolute Gasteiger partial charge is 0.493 e. The van der Waals surface area contributed by atoms with Gasteiger partial charge in [-0.05, 0) is 72.3 Å². The summed E-state index contributed by atoms with van der Waals surface area (Å²) in [7, 11) is 0. The number of nitrogens with zero attached hydrogens (tertiary/aromatic N) is 2. The summed E-state index contributed by atoms with van der Waals surface area (Å²) in [5.74, 6) is 0.747. The maximum atomic E-state index is 12.7. The quantitative estimate of drug-likeness (QED) is 0.528. The van der Waals surface area contributed by atoms with Gasteiger partial charge in [0.05, 0.1) is 27.1 Å². The first kappa shape index (κ1) is 16.7. The Labute approximate surface area is 155 Å². The Kier molecular flexibility index (Phi) is 4.99. The monoisotopic (exact) mass is 432 g/mol. The Morgan fingerprint density at radius 2 is 1.96 bits per heavy atom. The normalized spacial score (nSPS) is 15.8. The van der Waals surface area contributed by atoms with Crippen molar-refractivity contribution in [3.63, 3.8) is 0 Å². The number of ether oxygens (including phenoxy) is 1. The lowest BCUT2D eigenvalue weighted by Gasteiger charge is -2.11. The summed E-state index contributed by atoms with van der Waals surface area (Å²) in [6, 6.07) is 15.3. The summed E-state index contributed by atoms with van der Waals surface area (Å²) < 4.78 is 6.57. The summed E-state index contributed by atoms with van der Waals surface area (Å²) in [5, 5.41) is 5.84. The van der Waals surface area contributed by atoms with Crippen molar-refractivity contribution < 1.29 is 9.53 Å². The van der Waals surface area contributed by atoms with Gasteiger partial charge in [-0.1, -0.05) is 24.3 Å². The summed E-state index contributed by atoms with van der Waals surface area (Å²) >= 11 is 2.24. The van der Waals surface area contributed by atoms with Crippen molar-refractivity contribution in [2.24, 2.45) is 5.10 Å². The van der Waals surface area contributed by atoms with Gasteiger partial charge in [-0.25, -0.2) is 0 Å². The van der Waals surface area contributed by atoms with Crippen LogP contribution in [0.1, 0.15) is 19.4 Å². The van der Waals surface area contributed by atoms with Crippen molar-refractivity contribution in [2.45, 2.75) is 13.8 Å². The highest BCUT2D eigenvalue weighted by Gasteiger charge is 2.28. The van der Waals surface area contributed by atoms with Crippen molar-refractivity contribution in [3.05, 3.63) is 63.2 Å². The minimum Gasteiger partial charge on any atom is -0.493 e. The molecular formula is C19H17IN2O2. The average Bonchev–Trinajstić information content (AvgIpc) is 2.86. The van der Waals surface area contributed by atoms with Crippen LogP contribution in [-0.2, 0) is 4.79 Å². The molecule has 4 nitrogen and oxygen atoms in total. The lowest BCUT2D eigenvalue weighted by atomic mass is 10.1. The molecule has 1 aliphatic heterocycles. The SMILES string of the molecule is CCOc1ccc(/C=C2\C(=O)N(c3ccccc3)N=C2C)cc1I. The van der Waals surface area contributed by atoms with E-state index >= 15 is 0 Å². The zero-order valence-corrected chi connectivity index (χ0v) is 15.6. The second-order valence-electron chi connectivity index (χ2n) is 5.32. The van der Waals surface area contributed by atoms with E-state index in [1.54, 1.807) is 0 Å². The number of carbonyl (C=O) groups is 1. The van der Waals surface area contributed by atoms with E-state index in [1.807, 2.05) is 68.5 Å². The van der Waals surface area contributed by atoms with Crippen LogP contribution in [0.3, 0.4) is 0 Å². The van der Waals surface area contributed by atoms with Gasteiger partial charge in [-0.2, -0.15) is 10.1 Å². The van der Waals surface area contributed by atoms with Crippen molar-refractivity contribution in [1.82, 2.24) is 0 Å². The molecular weight excluding hydrogens is 415 g/mol. The van der Waals surface area contributed by atoms with Gasteiger partial charge in [0.2, 0.25) is 0 Å². The zero-order chi connectivity index (χ0) is 17.1. The van der Waals surface area contributed by atoms with Crippen LogP contribution < -0.4 is 9.75 Å². The van der Waals surface area contributed by atoms with Crippen LogP contribution in [0.4, 0.5) is 5.69 Å². The lowest BCUT2D eigenvalue weighted by Crippen LogP contribution is -2.21. The van der Waals surface area contributed by atoms with Gasteiger partial charge in [0.25, 0.3) is 5.91 Å². The molecule has 0 saturated carbocycles. The molecule has 3 rings (SSSR count). The minimum absolute atomic E-state index is 0.109.